The molecule has 4 rings (SSSR count). The minimum atomic E-state index is -0.309. The monoisotopic (exact) mass is 297 g/mol. The Bertz CT molecular complexity index is 745. The quantitative estimate of drug-likeness (QED) is 0.785. The van der Waals surface area contributed by atoms with Gasteiger partial charge in [0.15, 0.2) is 0 Å². The summed E-state index contributed by atoms with van der Waals surface area (Å²) in [6.07, 6.45) is 2.37. The number of amides is 2. The predicted octanol–water partition coefficient (Wildman–Crippen LogP) is 4.02. The van der Waals surface area contributed by atoms with E-state index >= 15 is 0 Å². The van der Waals surface area contributed by atoms with Gasteiger partial charge in [0.2, 0.25) is 0 Å². The molecule has 0 atom stereocenters. The van der Waals surface area contributed by atoms with Crippen molar-refractivity contribution in [2.45, 2.75) is 18.8 Å². The molecular formula is C17H12ClNO2. The smallest absolute Gasteiger partial charge is 0.266 e. The third-order valence-electron chi connectivity index (χ3n) is 4.06. The van der Waals surface area contributed by atoms with E-state index in [2.05, 4.69) is 0 Å². The Morgan fingerprint density at radius 2 is 1.57 bits per heavy atom. The van der Waals surface area contributed by atoms with E-state index in [4.69, 9.17) is 11.6 Å². The second-order valence-corrected chi connectivity index (χ2v) is 5.88. The second-order valence-electron chi connectivity index (χ2n) is 5.48. The van der Waals surface area contributed by atoms with Crippen molar-refractivity contribution in [2.24, 2.45) is 0 Å². The average Bonchev–Trinajstić information content (AvgIpc) is 3.30. The van der Waals surface area contributed by atoms with Crippen LogP contribution in [0.25, 0.3) is 0 Å². The lowest BCUT2D eigenvalue weighted by molar-refractivity contribution is 0.0926. The Hall–Kier alpha value is -2.13. The summed E-state index contributed by atoms with van der Waals surface area (Å²) < 4.78 is 0. The van der Waals surface area contributed by atoms with Crippen LogP contribution in [-0.2, 0) is 0 Å². The number of nitrogens with zero attached hydrogens (tertiary/aromatic N) is 1. The van der Waals surface area contributed by atoms with Crippen LogP contribution in [0.1, 0.15) is 45.0 Å². The first-order valence-corrected chi connectivity index (χ1v) is 7.32. The van der Waals surface area contributed by atoms with Gasteiger partial charge in [0.25, 0.3) is 11.8 Å². The van der Waals surface area contributed by atoms with Crippen LogP contribution in [0.3, 0.4) is 0 Å². The molecule has 0 aromatic heterocycles. The van der Waals surface area contributed by atoms with Crippen LogP contribution in [0.5, 0.6) is 0 Å². The van der Waals surface area contributed by atoms with Crippen LogP contribution < -0.4 is 4.90 Å². The van der Waals surface area contributed by atoms with E-state index < -0.39 is 0 Å². The number of hydrogen-bond donors (Lipinski definition) is 0. The molecule has 2 aromatic rings. The molecule has 3 nitrogen and oxygen atoms in total. The maximum atomic E-state index is 12.4. The number of rotatable bonds is 2. The molecule has 0 bridgehead atoms. The van der Waals surface area contributed by atoms with Crippen molar-refractivity contribution in [3.05, 3.63) is 64.2 Å². The topological polar surface area (TPSA) is 37.4 Å². The first-order chi connectivity index (χ1) is 10.2. The summed E-state index contributed by atoms with van der Waals surface area (Å²) in [6, 6.07) is 12.5. The summed E-state index contributed by atoms with van der Waals surface area (Å²) in [5.41, 5.74) is 2.52. The van der Waals surface area contributed by atoms with Crippen LogP contribution in [0.15, 0.2) is 42.5 Å². The zero-order valence-corrected chi connectivity index (χ0v) is 11.9. The van der Waals surface area contributed by atoms with Crippen LogP contribution in [0.2, 0.25) is 5.02 Å². The summed E-state index contributed by atoms with van der Waals surface area (Å²) in [7, 11) is 0. The third kappa shape index (κ3) is 1.88. The van der Waals surface area contributed by atoms with Gasteiger partial charge in [0, 0.05) is 0 Å². The zero-order chi connectivity index (χ0) is 14.6. The van der Waals surface area contributed by atoms with Gasteiger partial charge in [-0.25, -0.2) is 4.90 Å². The second kappa shape index (κ2) is 4.43. The first-order valence-electron chi connectivity index (χ1n) is 6.94. The molecule has 1 saturated carbocycles. The van der Waals surface area contributed by atoms with Gasteiger partial charge in [-0.3, -0.25) is 9.59 Å². The highest BCUT2D eigenvalue weighted by Gasteiger charge is 2.37. The highest BCUT2D eigenvalue weighted by atomic mass is 35.5. The van der Waals surface area contributed by atoms with Crippen molar-refractivity contribution < 1.29 is 9.59 Å². The van der Waals surface area contributed by atoms with E-state index in [-0.39, 0.29) is 11.8 Å². The number of hydrogen-bond acceptors (Lipinski definition) is 2. The van der Waals surface area contributed by atoms with E-state index in [1.165, 1.54) is 23.3 Å². The molecule has 2 amide bonds. The van der Waals surface area contributed by atoms with Crippen LogP contribution >= 0.6 is 11.6 Å². The van der Waals surface area contributed by atoms with E-state index in [1.807, 2.05) is 12.1 Å². The molecule has 0 saturated heterocycles. The SMILES string of the molecule is O=C1c2ccccc2C(=O)N1c1ccc(C2CC2)cc1Cl. The van der Waals surface area contributed by atoms with Crippen molar-refractivity contribution in [1.29, 1.82) is 0 Å². The molecule has 2 aliphatic rings. The van der Waals surface area contributed by atoms with Gasteiger partial charge in [-0.05, 0) is 48.6 Å². The first kappa shape index (κ1) is 12.6. The molecule has 0 radical (unpaired) electrons. The molecule has 1 fully saturated rings. The minimum absolute atomic E-state index is 0.309. The van der Waals surface area contributed by atoms with Crippen molar-refractivity contribution in [1.82, 2.24) is 0 Å². The van der Waals surface area contributed by atoms with Crippen molar-refractivity contribution in [3.8, 4) is 0 Å². The number of carbonyl (C=O) groups excluding carboxylic acids is 2. The summed E-state index contributed by atoms with van der Waals surface area (Å²) in [4.78, 5) is 26.0. The normalized spacial score (nSPS) is 17.3. The Balaban J connectivity index is 1.78. The Morgan fingerprint density at radius 3 is 2.10 bits per heavy atom. The Kier molecular flexibility index (Phi) is 2.66. The Labute approximate surface area is 127 Å². The molecule has 104 valence electrons. The molecule has 0 N–H and O–H groups in total. The van der Waals surface area contributed by atoms with Gasteiger partial charge in [-0.2, -0.15) is 0 Å². The van der Waals surface area contributed by atoms with Gasteiger partial charge in [-0.15, -0.1) is 0 Å². The maximum absolute atomic E-state index is 12.4. The molecule has 1 aliphatic carbocycles. The lowest BCUT2D eigenvalue weighted by Gasteiger charge is -2.16. The van der Waals surface area contributed by atoms with Gasteiger partial charge < -0.3 is 0 Å². The molecule has 0 spiro atoms. The number of imide groups is 1. The maximum Gasteiger partial charge on any atom is 0.266 e. The van der Waals surface area contributed by atoms with Gasteiger partial charge in [-0.1, -0.05) is 29.8 Å². The fourth-order valence-electron chi connectivity index (χ4n) is 2.78. The lowest BCUT2D eigenvalue weighted by Crippen LogP contribution is -2.29. The summed E-state index contributed by atoms with van der Waals surface area (Å²) in [5.74, 6) is -0.0351. The average molecular weight is 298 g/mol. The molecule has 1 aliphatic heterocycles. The molecule has 1 heterocycles. The highest BCUT2D eigenvalue weighted by molar-refractivity contribution is 6.39. The molecule has 21 heavy (non-hydrogen) atoms. The Morgan fingerprint density at radius 1 is 0.952 bits per heavy atom. The number of carbonyl (C=O) groups is 2. The number of fused-ring (bicyclic) bond motifs is 1. The molecular weight excluding hydrogens is 286 g/mol. The van der Waals surface area contributed by atoms with Gasteiger partial charge in [0.1, 0.15) is 0 Å². The molecule has 2 aromatic carbocycles. The third-order valence-corrected chi connectivity index (χ3v) is 4.36. The summed E-state index contributed by atoms with van der Waals surface area (Å²) in [6.45, 7) is 0. The van der Waals surface area contributed by atoms with Gasteiger partial charge >= 0.3 is 0 Å². The largest absolute Gasteiger partial charge is 0.268 e. The van der Waals surface area contributed by atoms with Crippen LogP contribution in [0.4, 0.5) is 5.69 Å². The van der Waals surface area contributed by atoms with E-state index in [0.29, 0.717) is 27.8 Å². The lowest BCUT2D eigenvalue weighted by atomic mass is 10.1. The highest BCUT2D eigenvalue weighted by Crippen LogP contribution is 2.43. The van der Waals surface area contributed by atoms with E-state index in [9.17, 15) is 9.59 Å². The van der Waals surface area contributed by atoms with Crippen molar-refractivity contribution in [2.75, 3.05) is 4.90 Å². The standard InChI is InChI=1S/C17H12ClNO2/c18-14-9-11(10-5-6-10)7-8-15(14)19-16(20)12-3-1-2-4-13(12)17(19)21/h1-4,7-10H,5-6H2. The summed E-state index contributed by atoms with van der Waals surface area (Å²) >= 11 is 6.31. The predicted molar refractivity (Wildman–Crippen MR) is 81.0 cm³/mol. The zero-order valence-electron chi connectivity index (χ0n) is 11.2. The number of benzene rings is 2. The van der Waals surface area contributed by atoms with Crippen molar-refractivity contribution in [3.63, 3.8) is 0 Å². The number of halogens is 1. The molecule has 0 unspecified atom stereocenters. The number of anilines is 1. The van der Waals surface area contributed by atoms with Gasteiger partial charge in [0.05, 0.1) is 21.8 Å². The minimum Gasteiger partial charge on any atom is -0.268 e. The van der Waals surface area contributed by atoms with E-state index in [0.717, 1.165) is 0 Å². The van der Waals surface area contributed by atoms with Crippen LogP contribution in [0, 0.1) is 0 Å². The summed E-state index contributed by atoms with van der Waals surface area (Å²) in [5, 5.41) is 0.453. The van der Waals surface area contributed by atoms with Crippen molar-refractivity contribution >= 4 is 29.1 Å². The van der Waals surface area contributed by atoms with Crippen LogP contribution in [-0.4, -0.2) is 11.8 Å². The molecule has 4 heteroatoms. The van der Waals surface area contributed by atoms with E-state index in [1.54, 1.807) is 30.3 Å². The fraction of sp³-hybridized carbons (Fsp3) is 0.176. The fourth-order valence-corrected chi connectivity index (χ4v) is 3.06.